The standard InChI is InChI=1S/C30H59NO4/c1-3-5-7-9-11-12-13-14-15-16-17-18-19-20-21-23-25-31-28(30(33)34)27-29(32)35-26-24-22-10-8-6-4-2/h28,31H,3-27H2,1-2H3,(H,33,34). The Morgan fingerprint density at radius 1 is 0.600 bits per heavy atom. The van der Waals surface area contributed by atoms with Crippen LogP contribution in [0.15, 0.2) is 0 Å². The molecule has 0 spiro atoms. The first-order chi connectivity index (χ1) is 17.1. The normalized spacial score (nSPS) is 12.1. The Kier molecular flexibility index (Phi) is 26.6. The fourth-order valence-electron chi connectivity index (χ4n) is 4.49. The molecule has 0 aliphatic carbocycles. The number of nitrogens with one attached hydrogen (secondary N) is 1. The minimum Gasteiger partial charge on any atom is -0.480 e. The third kappa shape index (κ3) is 25.8. The zero-order valence-electron chi connectivity index (χ0n) is 23.4. The molecule has 208 valence electrons. The first-order valence-corrected chi connectivity index (χ1v) is 15.2. The van der Waals surface area contributed by atoms with Crippen LogP contribution in [0.4, 0.5) is 0 Å². The van der Waals surface area contributed by atoms with Gasteiger partial charge in [-0.3, -0.25) is 9.59 Å². The Morgan fingerprint density at radius 2 is 0.971 bits per heavy atom. The average Bonchev–Trinajstić information content (AvgIpc) is 2.84. The largest absolute Gasteiger partial charge is 0.480 e. The second-order valence-electron chi connectivity index (χ2n) is 10.3. The summed E-state index contributed by atoms with van der Waals surface area (Å²) in [6, 6.07) is -0.844. The molecule has 0 saturated carbocycles. The molecule has 0 saturated heterocycles. The SMILES string of the molecule is CCCCCCCCCCCCCCCCCCNC(CC(=O)OCCCCCCCC)C(=O)O. The van der Waals surface area contributed by atoms with Crippen LogP contribution in [-0.2, 0) is 14.3 Å². The molecule has 0 aromatic rings. The van der Waals surface area contributed by atoms with Crippen molar-refractivity contribution in [2.45, 2.75) is 168 Å². The van der Waals surface area contributed by atoms with Gasteiger partial charge in [0.05, 0.1) is 13.0 Å². The summed E-state index contributed by atoms with van der Waals surface area (Å²) in [4.78, 5) is 23.4. The molecule has 35 heavy (non-hydrogen) atoms. The van der Waals surface area contributed by atoms with Gasteiger partial charge >= 0.3 is 11.9 Å². The molecule has 0 aliphatic rings. The number of unbranched alkanes of at least 4 members (excludes halogenated alkanes) is 20. The van der Waals surface area contributed by atoms with E-state index < -0.39 is 18.0 Å². The van der Waals surface area contributed by atoms with Crippen molar-refractivity contribution in [3.8, 4) is 0 Å². The van der Waals surface area contributed by atoms with Gasteiger partial charge in [-0.1, -0.05) is 142 Å². The number of esters is 1. The van der Waals surface area contributed by atoms with Crippen LogP contribution in [0.3, 0.4) is 0 Å². The Bertz CT molecular complexity index is 469. The number of hydrogen-bond acceptors (Lipinski definition) is 4. The molecular weight excluding hydrogens is 438 g/mol. The second-order valence-corrected chi connectivity index (χ2v) is 10.3. The highest BCUT2D eigenvalue weighted by Crippen LogP contribution is 2.13. The van der Waals surface area contributed by atoms with E-state index in [2.05, 4.69) is 19.2 Å². The summed E-state index contributed by atoms with van der Waals surface area (Å²) in [7, 11) is 0. The Hall–Kier alpha value is -1.10. The van der Waals surface area contributed by atoms with E-state index in [4.69, 9.17) is 4.74 Å². The van der Waals surface area contributed by atoms with Crippen molar-refractivity contribution >= 4 is 11.9 Å². The lowest BCUT2D eigenvalue weighted by Crippen LogP contribution is -2.39. The molecule has 0 bridgehead atoms. The maximum absolute atomic E-state index is 11.9. The average molecular weight is 498 g/mol. The van der Waals surface area contributed by atoms with Crippen LogP contribution < -0.4 is 5.32 Å². The smallest absolute Gasteiger partial charge is 0.321 e. The Labute approximate surface area is 217 Å². The van der Waals surface area contributed by atoms with Gasteiger partial charge in [0.15, 0.2) is 0 Å². The molecule has 5 nitrogen and oxygen atoms in total. The minimum atomic E-state index is -0.974. The zero-order valence-corrected chi connectivity index (χ0v) is 23.4. The van der Waals surface area contributed by atoms with Crippen LogP contribution in [0.25, 0.3) is 0 Å². The van der Waals surface area contributed by atoms with Gasteiger partial charge in [-0.15, -0.1) is 0 Å². The maximum atomic E-state index is 11.9. The summed E-state index contributed by atoms with van der Waals surface area (Å²) in [6.45, 7) is 5.50. The number of ether oxygens (including phenoxy) is 1. The van der Waals surface area contributed by atoms with Gasteiger partial charge in [0.1, 0.15) is 6.04 Å². The second kappa shape index (κ2) is 27.5. The van der Waals surface area contributed by atoms with E-state index in [0.717, 1.165) is 25.7 Å². The van der Waals surface area contributed by atoms with Crippen LogP contribution in [0, 0.1) is 0 Å². The fraction of sp³-hybridized carbons (Fsp3) is 0.933. The molecular formula is C30H59NO4. The van der Waals surface area contributed by atoms with E-state index in [-0.39, 0.29) is 6.42 Å². The summed E-state index contributed by atoms with van der Waals surface area (Å²) >= 11 is 0. The Balaban J connectivity index is 3.50. The quantitative estimate of drug-likeness (QED) is 0.0836. The van der Waals surface area contributed by atoms with Crippen LogP contribution in [-0.4, -0.2) is 36.2 Å². The molecule has 0 aliphatic heterocycles. The molecule has 0 fully saturated rings. The summed E-state index contributed by atoms with van der Waals surface area (Å²) in [6.07, 6.45) is 27.9. The lowest BCUT2D eigenvalue weighted by atomic mass is 10.0. The highest BCUT2D eigenvalue weighted by atomic mass is 16.5. The van der Waals surface area contributed by atoms with Crippen molar-refractivity contribution < 1.29 is 19.4 Å². The molecule has 0 amide bonds. The number of carbonyl (C=O) groups excluding carboxylic acids is 1. The van der Waals surface area contributed by atoms with E-state index in [0.29, 0.717) is 13.2 Å². The van der Waals surface area contributed by atoms with E-state index in [9.17, 15) is 14.7 Å². The van der Waals surface area contributed by atoms with Gasteiger partial charge in [-0.25, -0.2) is 0 Å². The van der Waals surface area contributed by atoms with Crippen molar-refractivity contribution in [3.05, 3.63) is 0 Å². The van der Waals surface area contributed by atoms with Gasteiger partial charge in [-0.05, 0) is 19.4 Å². The minimum absolute atomic E-state index is 0.0932. The molecule has 2 N–H and O–H groups in total. The highest BCUT2D eigenvalue weighted by molar-refractivity contribution is 5.81. The molecule has 1 unspecified atom stereocenters. The van der Waals surface area contributed by atoms with E-state index >= 15 is 0 Å². The Morgan fingerprint density at radius 3 is 1.37 bits per heavy atom. The van der Waals surface area contributed by atoms with E-state index in [1.165, 1.54) is 116 Å². The number of carboxylic acid groups (broad SMARTS) is 1. The number of rotatable bonds is 28. The lowest BCUT2D eigenvalue weighted by Gasteiger charge is -2.14. The van der Waals surface area contributed by atoms with E-state index in [1.54, 1.807) is 0 Å². The maximum Gasteiger partial charge on any atom is 0.321 e. The predicted molar refractivity (Wildman–Crippen MR) is 148 cm³/mol. The van der Waals surface area contributed by atoms with Gasteiger partial charge < -0.3 is 15.2 Å². The third-order valence-electron chi connectivity index (χ3n) is 6.85. The lowest BCUT2D eigenvalue weighted by molar-refractivity contribution is -0.149. The topological polar surface area (TPSA) is 75.6 Å². The predicted octanol–water partition coefficient (Wildman–Crippen LogP) is 8.58. The number of carboxylic acids is 1. The molecule has 0 rings (SSSR count). The first kappa shape index (κ1) is 33.9. The van der Waals surface area contributed by atoms with Crippen LogP contribution in [0.1, 0.15) is 162 Å². The summed E-state index contributed by atoms with van der Waals surface area (Å²) in [5, 5.41) is 12.4. The van der Waals surface area contributed by atoms with Crippen LogP contribution in [0.2, 0.25) is 0 Å². The molecule has 0 aromatic heterocycles. The monoisotopic (exact) mass is 497 g/mol. The molecule has 0 radical (unpaired) electrons. The van der Waals surface area contributed by atoms with Crippen LogP contribution in [0.5, 0.6) is 0 Å². The zero-order chi connectivity index (χ0) is 25.8. The van der Waals surface area contributed by atoms with Gasteiger partial charge in [0, 0.05) is 0 Å². The molecule has 1 atom stereocenters. The summed E-state index contributed by atoms with van der Waals surface area (Å²) < 4.78 is 5.22. The summed E-state index contributed by atoms with van der Waals surface area (Å²) in [5.74, 6) is -1.39. The van der Waals surface area contributed by atoms with Gasteiger partial charge in [0.2, 0.25) is 0 Å². The van der Waals surface area contributed by atoms with Crippen molar-refractivity contribution in [1.29, 1.82) is 0 Å². The third-order valence-corrected chi connectivity index (χ3v) is 6.85. The van der Waals surface area contributed by atoms with Crippen molar-refractivity contribution in [1.82, 2.24) is 5.32 Å². The summed E-state index contributed by atoms with van der Waals surface area (Å²) in [5.41, 5.74) is 0. The van der Waals surface area contributed by atoms with Crippen molar-refractivity contribution in [2.75, 3.05) is 13.2 Å². The molecule has 0 heterocycles. The first-order valence-electron chi connectivity index (χ1n) is 15.2. The highest BCUT2D eigenvalue weighted by Gasteiger charge is 2.21. The number of aliphatic carboxylic acids is 1. The molecule has 5 heteroatoms. The molecule has 0 aromatic carbocycles. The van der Waals surface area contributed by atoms with Crippen LogP contribution >= 0.6 is 0 Å². The van der Waals surface area contributed by atoms with Crippen molar-refractivity contribution in [2.24, 2.45) is 0 Å². The number of hydrogen-bond donors (Lipinski definition) is 2. The number of carbonyl (C=O) groups is 2. The van der Waals surface area contributed by atoms with Crippen molar-refractivity contribution in [3.63, 3.8) is 0 Å². The van der Waals surface area contributed by atoms with E-state index in [1.807, 2.05) is 0 Å². The van der Waals surface area contributed by atoms with Gasteiger partial charge in [-0.2, -0.15) is 0 Å². The fourth-order valence-corrected chi connectivity index (χ4v) is 4.49. The van der Waals surface area contributed by atoms with Gasteiger partial charge in [0.25, 0.3) is 0 Å².